The molecule has 0 aliphatic carbocycles. The van der Waals surface area contributed by atoms with E-state index >= 15 is 0 Å². The van der Waals surface area contributed by atoms with Gasteiger partial charge in [-0.15, -0.1) is 0 Å². The average Bonchev–Trinajstić information content (AvgIpc) is 3.00. The van der Waals surface area contributed by atoms with Crippen molar-refractivity contribution in [3.63, 3.8) is 0 Å². The van der Waals surface area contributed by atoms with Crippen molar-refractivity contribution in [2.24, 2.45) is 0 Å². The summed E-state index contributed by atoms with van der Waals surface area (Å²) in [7, 11) is 0. The molecule has 2 aromatic heterocycles. The number of rotatable bonds is 2. The summed E-state index contributed by atoms with van der Waals surface area (Å²) >= 11 is 0. The Morgan fingerprint density at radius 2 is 1.88 bits per heavy atom. The van der Waals surface area contributed by atoms with Crippen LogP contribution in [-0.2, 0) is 0 Å². The van der Waals surface area contributed by atoms with Gasteiger partial charge in [0.05, 0.1) is 11.3 Å². The number of nitriles is 1. The molecule has 0 N–H and O–H groups in total. The smallest absolute Gasteiger partial charge is 0.153 e. The molecule has 0 saturated carbocycles. The Hall–Kier alpha value is -3.12. The molecule has 4 rings (SSSR count). The number of fused-ring (bicyclic) bond motifs is 3. The van der Waals surface area contributed by atoms with Crippen molar-refractivity contribution < 1.29 is 4.42 Å². The minimum atomic E-state index is 0.348. The molecule has 0 bridgehead atoms. The van der Waals surface area contributed by atoms with Gasteiger partial charge in [0.2, 0.25) is 0 Å². The normalized spacial score (nSPS) is 11.3. The van der Waals surface area contributed by atoms with Crippen molar-refractivity contribution in [1.82, 2.24) is 4.98 Å². The van der Waals surface area contributed by atoms with Crippen LogP contribution in [0.4, 0.5) is 0 Å². The molecule has 0 aliphatic heterocycles. The number of para-hydroxylation sites is 1. The van der Waals surface area contributed by atoms with Crippen molar-refractivity contribution in [3.8, 4) is 17.3 Å². The molecule has 122 valence electrons. The van der Waals surface area contributed by atoms with Gasteiger partial charge < -0.3 is 4.42 Å². The summed E-state index contributed by atoms with van der Waals surface area (Å²) in [6.07, 6.45) is 1.78. The quantitative estimate of drug-likeness (QED) is 0.457. The molecule has 0 radical (unpaired) electrons. The topological polar surface area (TPSA) is 49.8 Å². The molecule has 2 heterocycles. The molecular formula is C22H18N2O. The Morgan fingerprint density at radius 3 is 2.56 bits per heavy atom. The summed E-state index contributed by atoms with van der Waals surface area (Å²) in [5.41, 5.74) is 6.09. The molecule has 4 aromatic rings. The molecule has 2 aromatic carbocycles. The number of furan rings is 1. The van der Waals surface area contributed by atoms with Gasteiger partial charge in [-0.3, -0.25) is 4.98 Å². The largest absolute Gasteiger partial charge is 0.454 e. The van der Waals surface area contributed by atoms with Crippen LogP contribution in [0.25, 0.3) is 33.2 Å². The summed E-state index contributed by atoms with van der Waals surface area (Å²) in [6, 6.07) is 16.4. The molecule has 3 heteroatoms. The number of aromatic nitrogens is 1. The maximum atomic E-state index is 9.71. The van der Waals surface area contributed by atoms with Crippen molar-refractivity contribution in [1.29, 1.82) is 5.26 Å². The van der Waals surface area contributed by atoms with E-state index < -0.39 is 0 Å². The number of nitrogens with zero attached hydrogens (tertiary/aromatic N) is 2. The predicted octanol–water partition coefficient (Wildman–Crippen LogP) is 5.95. The molecule has 0 fully saturated rings. The van der Waals surface area contributed by atoms with Gasteiger partial charge in [-0.1, -0.05) is 32.0 Å². The Bertz CT molecular complexity index is 1130. The van der Waals surface area contributed by atoms with Crippen molar-refractivity contribution in [3.05, 3.63) is 65.4 Å². The highest BCUT2D eigenvalue weighted by Crippen LogP contribution is 2.39. The number of pyridine rings is 1. The van der Waals surface area contributed by atoms with E-state index in [-0.39, 0.29) is 0 Å². The summed E-state index contributed by atoms with van der Waals surface area (Å²) in [5, 5.41) is 11.7. The van der Waals surface area contributed by atoms with Gasteiger partial charge in [-0.2, -0.15) is 5.26 Å². The Balaban J connectivity index is 2.14. The fraction of sp³-hybridized carbons (Fsp3) is 0.182. The highest BCUT2D eigenvalue weighted by molar-refractivity contribution is 6.11. The summed E-state index contributed by atoms with van der Waals surface area (Å²) in [5.74, 6) is 0.348. The summed E-state index contributed by atoms with van der Waals surface area (Å²) < 4.78 is 6.21. The first kappa shape index (κ1) is 15.4. The van der Waals surface area contributed by atoms with E-state index in [0.29, 0.717) is 17.1 Å². The van der Waals surface area contributed by atoms with Crippen molar-refractivity contribution in [2.45, 2.75) is 26.7 Å². The summed E-state index contributed by atoms with van der Waals surface area (Å²) in [4.78, 5) is 4.45. The van der Waals surface area contributed by atoms with Crippen LogP contribution in [0.5, 0.6) is 0 Å². The highest BCUT2D eigenvalue weighted by Gasteiger charge is 2.19. The second kappa shape index (κ2) is 5.75. The molecule has 0 spiro atoms. The first-order valence-corrected chi connectivity index (χ1v) is 8.42. The van der Waals surface area contributed by atoms with Gasteiger partial charge in [-0.25, -0.2) is 0 Å². The van der Waals surface area contributed by atoms with E-state index in [1.54, 1.807) is 6.20 Å². The van der Waals surface area contributed by atoms with Crippen LogP contribution in [-0.4, -0.2) is 4.98 Å². The number of hydrogen-bond donors (Lipinski definition) is 0. The van der Waals surface area contributed by atoms with E-state index in [9.17, 15) is 5.26 Å². The van der Waals surface area contributed by atoms with Crippen LogP contribution in [0, 0.1) is 18.3 Å². The average molecular weight is 326 g/mol. The third kappa shape index (κ3) is 2.30. The van der Waals surface area contributed by atoms with Crippen molar-refractivity contribution >= 4 is 21.9 Å². The van der Waals surface area contributed by atoms with Gasteiger partial charge in [0.15, 0.2) is 5.58 Å². The van der Waals surface area contributed by atoms with Crippen LogP contribution in [0.15, 0.2) is 53.1 Å². The maximum Gasteiger partial charge on any atom is 0.153 e. The third-order valence-corrected chi connectivity index (χ3v) is 4.76. The van der Waals surface area contributed by atoms with Crippen molar-refractivity contribution in [2.75, 3.05) is 0 Å². The molecule has 0 atom stereocenters. The predicted molar refractivity (Wildman–Crippen MR) is 100 cm³/mol. The highest BCUT2D eigenvalue weighted by atomic mass is 16.3. The molecule has 25 heavy (non-hydrogen) atoms. The minimum absolute atomic E-state index is 0.348. The summed E-state index contributed by atoms with van der Waals surface area (Å²) in [6.45, 7) is 6.30. The fourth-order valence-corrected chi connectivity index (χ4v) is 3.50. The van der Waals surface area contributed by atoms with Crippen LogP contribution < -0.4 is 0 Å². The van der Waals surface area contributed by atoms with E-state index in [1.807, 2.05) is 43.3 Å². The van der Waals surface area contributed by atoms with Gasteiger partial charge in [0, 0.05) is 22.5 Å². The Labute approximate surface area is 146 Å². The maximum absolute atomic E-state index is 9.71. The third-order valence-electron chi connectivity index (χ3n) is 4.76. The van der Waals surface area contributed by atoms with Crippen LogP contribution >= 0.6 is 0 Å². The molecule has 0 saturated heterocycles. The van der Waals surface area contributed by atoms with Crippen LogP contribution in [0.2, 0.25) is 0 Å². The SMILES string of the molecule is Cc1c(C(C)C)cc2c(oc3c(-c4ccccn4)cccc32)c1C#N. The lowest BCUT2D eigenvalue weighted by Crippen LogP contribution is -1.95. The lowest BCUT2D eigenvalue weighted by Gasteiger charge is -2.11. The second-order valence-corrected chi connectivity index (χ2v) is 6.61. The van der Waals surface area contributed by atoms with Gasteiger partial charge in [-0.05, 0) is 48.2 Å². The van der Waals surface area contributed by atoms with Gasteiger partial charge >= 0.3 is 0 Å². The van der Waals surface area contributed by atoms with Crippen LogP contribution in [0.3, 0.4) is 0 Å². The lowest BCUT2D eigenvalue weighted by molar-refractivity contribution is 0.667. The monoisotopic (exact) mass is 326 g/mol. The lowest BCUT2D eigenvalue weighted by atomic mass is 9.92. The minimum Gasteiger partial charge on any atom is -0.454 e. The molecule has 0 unspecified atom stereocenters. The van der Waals surface area contributed by atoms with E-state index in [4.69, 9.17) is 4.42 Å². The number of hydrogen-bond acceptors (Lipinski definition) is 3. The Kier molecular flexibility index (Phi) is 3.54. The zero-order chi connectivity index (χ0) is 17.6. The van der Waals surface area contributed by atoms with Gasteiger partial charge in [0.25, 0.3) is 0 Å². The zero-order valence-corrected chi connectivity index (χ0v) is 14.5. The molecular weight excluding hydrogens is 308 g/mol. The molecule has 3 nitrogen and oxygen atoms in total. The number of benzene rings is 2. The molecule has 0 amide bonds. The first-order valence-electron chi connectivity index (χ1n) is 8.42. The zero-order valence-electron chi connectivity index (χ0n) is 14.5. The first-order chi connectivity index (χ1) is 12.1. The van der Waals surface area contributed by atoms with Crippen LogP contribution in [0.1, 0.15) is 36.5 Å². The molecule has 0 aliphatic rings. The second-order valence-electron chi connectivity index (χ2n) is 6.61. The fourth-order valence-electron chi connectivity index (χ4n) is 3.50. The standard InChI is InChI=1S/C22H18N2O/c1-13(2)17-11-18-15-7-6-8-16(20-9-4-5-10-24-20)21(15)25-22(18)19(12-23)14(17)3/h4-11,13H,1-3H3. The van der Waals surface area contributed by atoms with E-state index in [2.05, 4.69) is 31.0 Å². The van der Waals surface area contributed by atoms with E-state index in [1.165, 1.54) is 5.56 Å². The Morgan fingerprint density at radius 1 is 1.04 bits per heavy atom. The van der Waals surface area contributed by atoms with Gasteiger partial charge in [0.1, 0.15) is 11.7 Å². The van der Waals surface area contributed by atoms with E-state index in [0.717, 1.165) is 33.2 Å².